The lowest BCUT2D eigenvalue weighted by Gasteiger charge is -2.31. The van der Waals surface area contributed by atoms with Crippen molar-refractivity contribution in [2.24, 2.45) is 0 Å². The zero-order chi connectivity index (χ0) is 26.7. The molecule has 2 atom stereocenters. The fourth-order valence-electron chi connectivity index (χ4n) is 3.69. The van der Waals surface area contributed by atoms with Crippen LogP contribution in [0, 0.1) is 0 Å². The van der Waals surface area contributed by atoms with Crippen molar-refractivity contribution in [2.45, 2.75) is 52.7 Å². The van der Waals surface area contributed by atoms with E-state index in [4.69, 9.17) is 9.47 Å². The first-order valence-electron chi connectivity index (χ1n) is 12.2. The molecule has 0 saturated carbocycles. The van der Waals surface area contributed by atoms with Crippen molar-refractivity contribution in [3.63, 3.8) is 0 Å². The normalized spacial score (nSPS) is 12.1. The van der Waals surface area contributed by atoms with Gasteiger partial charge in [0, 0.05) is 36.6 Å². The maximum absolute atomic E-state index is 13.7. The van der Waals surface area contributed by atoms with E-state index in [1.165, 1.54) is 0 Å². The summed E-state index contributed by atoms with van der Waals surface area (Å²) in [5.41, 5.74) is 3.17. The fraction of sp³-hybridized carbons (Fsp3) is 0.345. The number of hydrogen-bond acceptors (Lipinski definition) is 5. The number of nitrogens with zero attached hydrogens (tertiary/aromatic N) is 2. The molecule has 7 nitrogen and oxygen atoms in total. The second-order valence-electron chi connectivity index (χ2n) is 8.34. The summed E-state index contributed by atoms with van der Waals surface area (Å²) >= 11 is 0. The molecule has 192 valence electrons. The number of esters is 2. The number of hydrogen-bond donors (Lipinski definition) is 0. The Hall–Kier alpha value is -3.87. The van der Waals surface area contributed by atoms with Crippen molar-refractivity contribution < 1.29 is 23.9 Å². The third-order valence-electron chi connectivity index (χ3n) is 5.62. The quantitative estimate of drug-likeness (QED) is 0.249. The highest BCUT2D eigenvalue weighted by Crippen LogP contribution is 2.26. The van der Waals surface area contributed by atoms with Gasteiger partial charge < -0.3 is 9.47 Å². The lowest BCUT2D eigenvalue weighted by molar-refractivity contribution is -0.143. The molecule has 2 amide bonds. The minimum absolute atomic E-state index is 0.128. The SMILES string of the molecule is C=CC(=O)OC(C)c1ccc(N(CCC)C(=O)N(CCC)c2ccc(C(C)OC(=O)C=C)cc2)cc1. The highest BCUT2D eigenvalue weighted by Gasteiger charge is 2.23. The molecule has 0 aliphatic rings. The van der Waals surface area contributed by atoms with Crippen LogP contribution in [0.25, 0.3) is 0 Å². The molecule has 0 aromatic heterocycles. The molecule has 0 aliphatic heterocycles. The monoisotopic (exact) mass is 492 g/mol. The van der Waals surface area contributed by atoms with Gasteiger partial charge in [0.2, 0.25) is 0 Å². The predicted octanol–water partition coefficient (Wildman–Crippen LogP) is 6.52. The summed E-state index contributed by atoms with van der Waals surface area (Å²) in [5.74, 6) is -0.965. The van der Waals surface area contributed by atoms with Gasteiger partial charge in [0.05, 0.1) is 0 Å². The van der Waals surface area contributed by atoms with E-state index in [2.05, 4.69) is 13.2 Å². The maximum atomic E-state index is 13.7. The number of benzene rings is 2. The topological polar surface area (TPSA) is 76.2 Å². The Balaban J connectivity index is 2.27. The lowest BCUT2D eigenvalue weighted by Crippen LogP contribution is -2.44. The number of urea groups is 1. The fourth-order valence-corrected chi connectivity index (χ4v) is 3.69. The minimum Gasteiger partial charge on any atom is -0.455 e. The molecule has 2 aromatic rings. The van der Waals surface area contributed by atoms with E-state index in [-0.39, 0.29) is 6.03 Å². The summed E-state index contributed by atoms with van der Waals surface area (Å²) in [5, 5.41) is 0. The van der Waals surface area contributed by atoms with Crippen LogP contribution in [0.5, 0.6) is 0 Å². The lowest BCUT2D eigenvalue weighted by atomic mass is 10.1. The van der Waals surface area contributed by atoms with Gasteiger partial charge in [-0.3, -0.25) is 9.80 Å². The molecule has 0 heterocycles. The van der Waals surface area contributed by atoms with Crippen molar-refractivity contribution in [1.29, 1.82) is 0 Å². The van der Waals surface area contributed by atoms with Crippen LogP contribution >= 0.6 is 0 Å². The van der Waals surface area contributed by atoms with Crippen molar-refractivity contribution in [3.05, 3.63) is 85.0 Å². The average Bonchev–Trinajstić information content (AvgIpc) is 2.90. The summed E-state index contributed by atoms with van der Waals surface area (Å²) in [6, 6.07) is 14.8. The van der Waals surface area contributed by atoms with Crippen LogP contribution in [-0.2, 0) is 19.1 Å². The predicted molar refractivity (Wildman–Crippen MR) is 143 cm³/mol. The molecule has 0 saturated heterocycles. The summed E-state index contributed by atoms with van der Waals surface area (Å²) in [6.45, 7) is 15.6. The molecular weight excluding hydrogens is 456 g/mol. The van der Waals surface area contributed by atoms with Crippen LogP contribution in [0.1, 0.15) is 63.9 Å². The Morgan fingerprint density at radius 1 is 0.722 bits per heavy atom. The minimum atomic E-state index is -0.483. The molecule has 36 heavy (non-hydrogen) atoms. The number of amides is 2. The highest BCUT2D eigenvalue weighted by atomic mass is 16.5. The van der Waals surface area contributed by atoms with Gasteiger partial charge in [0.15, 0.2) is 0 Å². The van der Waals surface area contributed by atoms with Crippen LogP contribution in [0.2, 0.25) is 0 Å². The first-order valence-corrected chi connectivity index (χ1v) is 12.2. The Labute approximate surface area is 214 Å². The summed E-state index contributed by atoms with van der Waals surface area (Å²) in [4.78, 5) is 40.2. The van der Waals surface area contributed by atoms with Crippen molar-refractivity contribution in [1.82, 2.24) is 0 Å². The molecule has 0 bridgehead atoms. The van der Waals surface area contributed by atoms with Gasteiger partial charge >= 0.3 is 18.0 Å². The largest absolute Gasteiger partial charge is 0.455 e. The Bertz CT molecular complexity index is 963. The highest BCUT2D eigenvalue weighted by molar-refractivity contribution is 6.03. The van der Waals surface area contributed by atoms with E-state index < -0.39 is 24.1 Å². The molecule has 0 aliphatic carbocycles. The molecule has 0 radical (unpaired) electrons. The Kier molecular flexibility index (Phi) is 10.9. The molecule has 0 fully saturated rings. The third kappa shape index (κ3) is 7.57. The number of anilines is 2. The van der Waals surface area contributed by atoms with E-state index in [0.717, 1.165) is 47.5 Å². The Morgan fingerprint density at radius 3 is 1.33 bits per heavy atom. The van der Waals surface area contributed by atoms with Crippen LogP contribution in [0.3, 0.4) is 0 Å². The first kappa shape index (κ1) is 28.4. The standard InChI is InChI=1S/C29H36N2O5/c1-7-19-30(25-15-11-23(12-16-25)21(5)35-27(32)9-3)29(34)31(20-8-2)26-17-13-24(14-18-26)22(6)36-28(33)10-4/h9-18,21-22H,3-4,7-8,19-20H2,1-2,5-6H3. The molecule has 0 spiro atoms. The third-order valence-corrected chi connectivity index (χ3v) is 5.62. The van der Waals surface area contributed by atoms with Gasteiger partial charge in [-0.25, -0.2) is 14.4 Å². The summed E-state index contributed by atoms with van der Waals surface area (Å²) < 4.78 is 10.6. The maximum Gasteiger partial charge on any atom is 0.330 e. The summed E-state index contributed by atoms with van der Waals surface area (Å²) in [6.07, 6.45) is 2.98. The summed E-state index contributed by atoms with van der Waals surface area (Å²) in [7, 11) is 0. The van der Waals surface area contributed by atoms with Crippen molar-refractivity contribution in [3.8, 4) is 0 Å². The Morgan fingerprint density at radius 2 is 1.06 bits per heavy atom. The number of rotatable bonds is 12. The zero-order valence-corrected chi connectivity index (χ0v) is 21.6. The van der Waals surface area contributed by atoms with Crippen molar-refractivity contribution in [2.75, 3.05) is 22.9 Å². The molecule has 2 aromatic carbocycles. The smallest absolute Gasteiger partial charge is 0.330 e. The second kappa shape index (κ2) is 13.9. The zero-order valence-electron chi connectivity index (χ0n) is 21.6. The van der Waals surface area contributed by atoms with Crippen LogP contribution in [0.15, 0.2) is 73.8 Å². The van der Waals surface area contributed by atoms with Gasteiger partial charge in [0.1, 0.15) is 12.2 Å². The van der Waals surface area contributed by atoms with E-state index in [1.54, 1.807) is 23.6 Å². The molecule has 2 unspecified atom stereocenters. The average molecular weight is 493 g/mol. The number of carbonyl (C=O) groups excluding carboxylic acids is 3. The van der Waals surface area contributed by atoms with Gasteiger partial charge in [-0.05, 0) is 62.1 Å². The van der Waals surface area contributed by atoms with Crippen LogP contribution < -0.4 is 9.80 Å². The molecular formula is C29H36N2O5. The van der Waals surface area contributed by atoms with E-state index in [1.807, 2.05) is 62.4 Å². The second-order valence-corrected chi connectivity index (χ2v) is 8.34. The van der Waals surface area contributed by atoms with Gasteiger partial charge in [-0.1, -0.05) is 51.3 Å². The van der Waals surface area contributed by atoms with Gasteiger partial charge in [0.25, 0.3) is 0 Å². The van der Waals surface area contributed by atoms with Gasteiger partial charge in [-0.15, -0.1) is 0 Å². The first-order chi connectivity index (χ1) is 17.2. The van der Waals surface area contributed by atoms with E-state index >= 15 is 0 Å². The van der Waals surface area contributed by atoms with Crippen LogP contribution in [0.4, 0.5) is 16.2 Å². The van der Waals surface area contributed by atoms with E-state index in [0.29, 0.717) is 13.1 Å². The number of ether oxygens (including phenoxy) is 2. The van der Waals surface area contributed by atoms with Crippen molar-refractivity contribution >= 4 is 29.3 Å². The van der Waals surface area contributed by atoms with Crippen LogP contribution in [-0.4, -0.2) is 31.1 Å². The van der Waals surface area contributed by atoms with E-state index in [9.17, 15) is 14.4 Å². The molecule has 0 N–H and O–H groups in total. The number of carbonyl (C=O) groups is 3. The van der Waals surface area contributed by atoms with Gasteiger partial charge in [-0.2, -0.15) is 0 Å². The molecule has 2 rings (SSSR count). The molecule has 7 heteroatoms.